The summed E-state index contributed by atoms with van der Waals surface area (Å²) < 4.78 is 5.47. The van der Waals surface area contributed by atoms with Gasteiger partial charge in [0.2, 0.25) is 0 Å². The van der Waals surface area contributed by atoms with Gasteiger partial charge in [0.25, 0.3) is 0 Å². The summed E-state index contributed by atoms with van der Waals surface area (Å²) >= 11 is 0. The van der Waals surface area contributed by atoms with Crippen molar-refractivity contribution in [3.8, 4) is 5.75 Å². The summed E-state index contributed by atoms with van der Waals surface area (Å²) in [6.45, 7) is 3.91. The second kappa shape index (κ2) is 7.17. The van der Waals surface area contributed by atoms with Crippen LogP contribution in [0.2, 0.25) is 0 Å². The Morgan fingerprint density at radius 1 is 1.19 bits per heavy atom. The molecule has 0 unspecified atom stereocenters. The Morgan fingerprint density at radius 2 is 1.88 bits per heavy atom. The standard InChI is InChI=1S/C20H21NO5/c1-3-11(2)17(19(23)24)21-10-15-16(22)9-8-13-12-6-4-5-7-14(12)20(25)26-18(13)15/h4-9,11,17,21-22H,3,10H2,1-2H3,(H,23,24)/t11-,17-/m1/s1. The summed E-state index contributed by atoms with van der Waals surface area (Å²) in [6.07, 6.45) is 0.691. The highest BCUT2D eigenvalue weighted by Gasteiger charge is 2.22. The van der Waals surface area contributed by atoms with E-state index in [9.17, 15) is 19.8 Å². The average Bonchev–Trinajstić information content (AvgIpc) is 2.63. The van der Waals surface area contributed by atoms with Gasteiger partial charge in [-0.15, -0.1) is 0 Å². The Morgan fingerprint density at radius 3 is 2.54 bits per heavy atom. The van der Waals surface area contributed by atoms with Crippen LogP contribution in [0.3, 0.4) is 0 Å². The molecule has 26 heavy (non-hydrogen) atoms. The van der Waals surface area contributed by atoms with Crippen LogP contribution in [-0.4, -0.2) is 17.1 Å². The minimum absolute atomic E-state index is 0.0339. The first-order valence-electron chi connectivity index (χ1n) is 8.64. The number of quaternary nitrogens is 1. The summed E-state index contributed by atoms with van der Waals surface area (Å²) in [5.74, 6) is -1.27. The van der Waals surface area contributed by atoms with E-state index in [1.165, 1.54) is 6.07 Å². The van der Waals surface area contributed by atoms with Gasteiger partial charge in [-0.2, -0.15) is 0 Å². The zero-order chi connectivity index (χ0) is 18.8. The number of benzene rings is 2. The summed E-state index contributed by atoms with van der Waals surface area (Å²) in [4.78, 5) is 23.7. The van der Waals surface area contributed by atoms with Gasteiger partial charge in [0.05, 0.1) is 16.9 Å². The van der Waals surface area contributed by atoms with E-state index < -0.39 is 17.6 Å². The SMILES string of the molecule is CC[C@@H](C)[C@@H]([NH2+]Cc1c(O)ccc2c1oc(=O)c1ccccc12)C(=O)[O-]. The van der Waals surface area contributed by atoms with Crippen molar-refractivity contribution >= 4 is 27.7 Å². The second-order valence-corrected chi connectivity index (χ2v) is 6.55. The van der Waals surface area contributed by atoms with Crippen LogP contribution < -0.4 is 16.0 Å². The van der Waals surface area contributed by atoms with Crippen LogP contribution in [0.4, 0.5) is 0 Å². The molecular weight excluding hydrogens is 334 g/mol. The van der Waals surface area contributed by atoms with Crippen LogP contribution >= 0.6 is 0 Å². The van der Waals surface area contributed by atoms with Gasteiger partial charge in [-0.05, 0) is 30.0 Å². The normalized spacial score (nSPS) is 13.8. The molecule has 2 aromatic carbocycles. The Balaban J connectivity index is 2.10. The van der Waals surface area contributed by atoms with E-state index >= 15 is 0 Å². The van der Waals surface area contributed by atoms with Crippen molar-refractivity contribution in [3.05, 3.63) is 52.4 Å². The van der Waals surface area contributed by atoms with Crippen LogP contribution in [0, 0.1) is 5.92 Å². The van der Waals surface area contributed by atoms with E-state index in [0.29, 0.717) is 22.8 Å². The molecule has 0 bridgehead atoms. The predicted molar refractivity (Wildman–Crippen MR) is 95.5 cm³/mol. The maximum atomic E-state index is 12.3. The zero-order valence-corrected chi connectivity index (χ0v) is 14.7. The largest absolute Gasteiger partial charge is 0.544 e. The molecule has 0 saturated carbocycles. The van der Waals surface area contributed by atoms with Gasteiger partial charge in [0, 0.05) is 11.3 Å². The first-order chi connectivity index (χ1) is 12.4. The number of carbonyl (C=O) groups is 1. The summed E-state index contributed by atoms with van der Waals surface area (Å²) in [7, 11) is 0. The molecular formula is C20H21NO5. The van der Waals surface area contributed by atoms with Crippen molar-refractivity contribution in [2.75, 3.05) is 0 Å². The highest BCUT2D eigenvalue weighted by atomic mass is 16.4. The molecule has 6 heteroatoms. The smallest absolute Gasteiger partial charge is 0.344 e. The van der Waals surface area contributed by atoms with Crippen LogP contribution in [0.25, 0.3) is 21.7 Å². The molecule has 0 radical (unpaired) electrons. The molecule has 0 amide bonds. The Labute approximate surface area is 150 Å². The number of carboxylic acids is 1. The maximum absolute atomic E-state index is 12.3. The van der Waals surface area contributed by atoms with Gasteiger partial charge in [0.15, 0.2) is 5.58 Å². The van der Waals surface area contributed by atoms with Gasteiger partial charge >= 0.3 is 5.63 Å². The van der Waals surface area contributed by atoms with Crippen molar-refractivity contribution in [2.24, 2.45) is 5.92 Å². The number of nitrogens with two attached hydrogens (primary N) is 1. The van der Waals surface area contributed by atoms with E-state index in [1.54, 1.807) is 23.5 Å². The Hall–Kier alpha value is -2.86. The minimum atomic E-state index is -1.15. The van der Waals surface area contributed by atoms with Crippen molar-refractivity contribution in [1.82, 2.24) is 0 Å². The number of hydrogen-bond acceptors (Lipinski definition) is 5. The number of carboxylic acid groups (broad SMARTS) is 1. The highest BCUT2D eigenvalue weighted by molar-refractivity contribution is 6.05. The molecule has 0 aliphatic heterocycles. The third kappa shape index (κ3) is 3.15. The molecule has 3 rings (SSSR count). The maximum Gasteiger partial charge on any atom is 0.344 e. The lowest BCUT2D eigenvalue weighted by Gasteiger charge is -2.22. The lowest BCUT2D eigenvalue weighted by atomic mass is 9.98. The number of rotatable bonds is 6. The van der Waals surface area contributed by atoms with Crippen LogP contribution in [-0.2, 0) is 11.3 Å². The molecule has 6 nitrogen and oxygen atoms in total. The summed E-state index contributed by atoms with van der Waals surface area (Å²) in [5, 5.41) is 25.2. The highest BCUT2D eigenvalue weighted by Crippen LogP contribution is 2.30. The molecule has 0 aliphatic rings. The third-order valence-electron chi connectivity index (χ3n) is 4.97. The number of aliphatic carboxylic acids is 1. The fourth-order valence-corrected chi connectivity index (χ4v) is 3.25. The average molecular weight is 355 g/mol. The van der Waals surface area contributed by atoms with Gasteiger partial charge in [0.1, 0.15) is 18.3 Å². The first-order valence-corrected chi connectivity index (χ1v) is 8.64. The molecule has 0 saturated heterocycles. The van der Waals surface area contributed by atoms with E-state index in [4.69, 9.17) is 4.42 Å². The molecule has 136 valence electrons. The molecule has 0 spiro atoms. The number of phenols is 1. The minimum Gasteiger partial charge on any atom is -0.544 e. The Kier molecular flexibility index (Phi) is 4.95. The quantitative estimate of drug-likeness (QED) is 0.504. The van der Waals surface area contributed by atoms with E-state index in [-0.39, 0.29) is 23.8 Å². The summed E-state index contributed by atoms with van der Waals surface area (Å²) in [6, 6.07) is 9.59. The fourth-order valence-electron chi connectivity index (χ4n) is 3.25. The van der Waals surface area contributed by atoms with E-state index in [1.807, 2.05) is 26.0 Å². The van der Waals surface area contributed by atoms with Crippen molar-refractivity contribution in [3.63, 3.8) is 0 Å². The lowest BCUT2D eigenvalue weighted by Crippen LogP contribution is -2.93. The van der Waals surface area contributed by atoms with Crippen molar-refractivity contribution in [2.45, 2.75) is 32.9 Å². The predicted octanol–water partition coefficient (Wildman–Crippen LogP) is 0.880. The topological polar surface area (TPSA) is 107 Å². The van der Waals surface area contributed by atoms with Crippen LogP contribution in [0.5, 0.6) is 5.75 Å². The number of carbonyl (C=O) groups excluding carboxylic acids is 1. The van der Waals surface area contributed by atoms with Crippen molar-refractivity contribution < 1.29 is 24.7 Å². The number of fused-ring (bicyclic) bond motifs is 3. The zero-order valence-electron chi connectivity index (χ0n) is 14.7. The van der Waals surface area contributed by atoms with E-state index in [2.05, 4.69) is 0 Å². The first kappa shape index (κ1) is 17.9. The van der Waals surface area contributed by atoms with Gasteiger partial charge in [-0.3, -0.25) is 0 Å². The van der Waals surface area contributed by atoms with Crippen molar-refractivity contribution in [1.29, 1.82) is 0 Å². The van der Waals surface area contributed by atoms with E-state index in [0.717, 1.165) is 5.39 Å². The lowest BCUT2D eigenvalue weighted by molar-refractivity contribution is -0.704. The number of phenolic OH excluding ortho intramolecular Hbond substituents is 1. The van der Waals surface area contributed by atoms with Crippen LogP contribution in [0.1, 0.15) is 25.8 Å². The van der Waals surface area contributed by atoms with Gasteiger partial charge in [-0.1, -0.05) is 32.0 Å². The monoisotopic (exact) mass is 355 g/mol. The third-order valence-corrected chi connectivity index (χ3v) is 4.97. The molecule has 0 aliphatic carbocycles. The molecule has 2 atom stereocenters. The molecule has 3 N–H and O–H groups in total. The van der Waals surface area contributed by atoms with Crippen LogP contribution in [0.15, 0.2) is 45.6 Å². The van der Waals surface area contributed by atoms with Gasteiger partial charge in [-0.25, -0.2) is 4.79 Å². The number of aromatic hydroxyl groups is 1. The molecule has 0 fully saturated rings. The fraction of sp³-hybridized carbons (Fsp3) is 0.300. The second-order valence-electron chi connectivity index (χ2n) is 6.55. The Bertz CT molecular complexity index is 1020. The molecule has 1 aromatic heterocycles. The van der Waals surface area contributed by atoms with Gasteiger partial charge < -0.3 is 24.7 Å². The molecule has 1 heterocycles. The molecule has 3 aromatic rings. The number of hydrogen-bond donors (Lipinski definition) is 2. The summed E-state index contributed by atoms with van der Waals surface area (Å²) in [5.41, 5.74) is 0.199.